The number of carbonyl (C=O) groups is 3. The SMILES string of the molecule is CC(O)C(=O)N(CCCN1CCCC1=O)C(CCc1ccccc1)C(=O)NC(C)(C)C. The molecular formula is C24H37N3O4. The van der Waals surface area contributed by atoms with Crippen LogP contribution in [-0.4, -0.2) is 69.9 Å². The van der Waals surface area contributed by atoms with Crippen molar-refractivity contribution in [2.75, 3.05) is 19.6 Å². The third-order valence-corrected chi connectivity index (χ3v) is 5.37. The summed E-state index contributed by atoms with van der Waals surface area (Å²) in [7, 11) is 0. The van der Waals surface area contributed by atoms with Gasteiger partial charge in [0.25, 0.3) is 5.91 Å². The summed E-state index contributed by atoms with van der Waals surface area (Å²) in [6.45, 7) is 8.73. The second-order valence-corrected chi connectivity index (χ2v) is 9.32. The summed E-state index contributed by atoms with van der Waals surface area (Å²) in [6.07, 6.45) is 1.89. The normalized spacial score (nSPS) is 16.2. The van der Waals surface area contributed by atoms with Crippen molar-refractivity contribution in [3.05, 3.63) is 35.9 Å². The number of hydrogen-bond donors (Lipinski definition) is 2. The third kappa shape index (κ3) is 7.98. The lowest BCUT2D eigenvalue weighted by Crippen LogP contribution is -2.56. The number of aryl methyl sites for hydroxylation is 1. The Morgan fingerprint density at radius 1 is 1.23 bits per heavy atom. The standard InChI is InChI=1S/C24H37N3O4/c1-18(28)23(31)27(17-9-16-26-15-8-12-21(26)29)20(22(30)25-24(2,3)4)14-13-19-10-6-5-7-11-19/h5-7,10-11,18,20,28H,8-9,12-17H2,1-4H3,(H,25,30). The first-order valence-corrected chi connectivity index (χ1v) is 11.2. The van der Waals surface area contributed by atoms with Crippen LogP contribution in [0, 0.1) is 0 Å². The zero-order chi connectivity index (χ0) is 23.0. The molecule has 0 radical (unpaired) electrons. The van der Waals surface area contributed by atoms with Gasteiger partial charge in [-0.2, -0.15) is 0 Å². The zero-order valence-corrected chi connectivity index (χ0v) is 19.3. The lowest BCUT2D eigenvalue weighted by atomic mass is 10.0. The Labute approximate surface area is 185 Å². The highest BCUT2D eigenvalue weighted by Crippen LogP contribution is 2.16. The highest BCUT2D eigenvalue weighted by atomic mass is 16.3. The summed E-state index contributed by atoms with van der Waals surface area (Å²) in [5.41, 5.74) is 0.645. The van der Waals surface area contributed by atoms with E-state index in [9.17, 15) is 19.5 Å². The Kier molecular flexibility index (Phi) is 9.04. The molecule has 1 fully saturated rings. The van der Waals surface area contributed by atoms with Crippen LogP contribution in [0.1, 0.15) is 58.9 Å². The molecule has 1 aromatic rings. The van der Waals surface area contributed by atoms with E-state index in [0.717, 1.165) is 18.5 Å². The van der Waals surface area contributed by atoms with Gasteiger partial charge in [-0.25, -0.2) is 0 Å². The summed E-state index contributed by atoms with van der Waals surface area (Å²) in [5, 5.41) is 13.0. The van der Waals surface area contributed by atoms with E-state index < -0.39 is 23.6 Å². The molecule has 1 heterocycles. The maximum absolute atomic E-state index is 13.2. The average molecular weight is 432 g/mol. The zero-order valence-electron chi connectivity index (χ0n) is 19.3. The molecule has 7 nitrogen and oxygen atoms in total. The van der Waals surface area contributed by atoms with Gasteiger partial charge in [0.2, 0.25) is 11.8 Å². The molecule has 0 aliphatic carbocycles. The van der Waals surface area contributed by atoms with Gasteiger partial charge in [0, 0.05) is 31.6 Å². The fourth-order valence-electron chi connectivity index (χ4n) is 3.86. The Balaban J connectivity index is 2.17. The molecule has 2 atom stereocenters. The minimum Gasteiger partial charge on any atom is -0.384 e. The van der Waals surface area contributed by atoms with Gasteiger partial charge in [0.05, 0.1) is 0 Å². The third-order valence-electron chi connectivity index (χ3n) is 5.37. The molecule has 2 unspecified atom stereocenters. The van der Waals surface area contributed by atoms with Gasteiger partial charge in [-0.05, 0) is 58.9 Å². The minimum absolute atomic E-state index is 0.138. The number of nitrogens with one attached hydrogen (secondary N) is 1. The smallest absolute Gasteiger partial charge is 0.251 e. The molecule has 2 N–H and O–H groups in total. The quantitative estimate of drug-likeness (QED) is 0.594. The van der Waals surface area contributed by atoms with E-state index in [0.29, 0.717) is 38.8 Å². The van der Waals surface area contributed by atoms with Crippen molar-refractivity contribution >= 4 is 17.7 Å². The lowest BCUT2D eigenvalue weighted by molar-refractivity contribution is -0.147. The van der Waals surface area contributed by atoms with Crippen molar-refractivity contribution in [3.8, 4) is 0 Å². The second kappa shape index (κ2) is 11.3. The maximum atomic E-state index is 13.2. The topological polar surface area (TPSA) is 90.0 Å². The van der Waals surface area contributed by atoms with E-state index in [1.807, 2.05) is 51.1 Å². The first-order chi connectivity index (χ1) is 14.6. The molecule has 7 heteroatoms. The van der Waals surface area contributed by atoms with Crippen molar-refractivity contribution in [1.29, 1.82) is 0 Å². The van der Waals surface area contributed by atoms with Crippen LogP contribution in [0.2, 0.25) is 0 Å². The van der Waals surface area contributed by atoms with Gasteiger partial charge in [0.1, 0.15) is 12.1 Å². The average Bonchev–Trinajstić information content (AvgIpc) is 3.10. The summed E-state index contributed by atoms with van der Waals surface area (Å²) in [4.78, 5) is 41.2. The molecule has 1 aliphatic rings. The number of amides is 3. The largest absolute Gasteiger partial charge is 0.384 e. The van der Waals surface area contributed by atoms with E-state index in [4.69, 9.17) is 0 Å². The molecule has 0 bridgehead atoms. The van der Waals surface area contributed by atoms with Gasteiger partial charge < -0.3 is 20.2 Å². The molecule has 0 saturated carbocycles. The number of aliphatic hydroxyl groups excluding tert-OH is 1. The van der Waals surface area contributed by atoms with Gasteiger partial charge >= 0.3 is 0 Å². The molecule has 1 saturated heterocycles. The fraction of sp³-hybridized carbons (Fsp3) is 0.625. The van der Waals surface area contributed by atoms with Gasteiger partial charge in [-0.15, -0.1) is 0 Å². The van der Waals surface area contributed by atoms with Crippen LogP contribution in [0.25, 0.3) is 0 Å². The number of nitrogens with zero attached hydrogens (tertiary/aromatic N) is 2. The molecule has 3 amide bonds. The van der Waals surface area contributed by atoms with Crippen LogP contribution in [0.15, 0.2) is 30.3 Å². The predicted octanol–water partition coefficient (Wildman–Crippen LogP) is 2.12. The first-order valence-electron chi connectivity index (χ1n) is 11.2. The van der Waals surface area contributed by atoms with E-state index in [1.165, 1.54) is 11.8 Å². The van der Waals surface area contributed by atoms with E-state index in [-0.39, 0.29) is 11.8 Å². The first kappa shape index (κ1) is 24.9. The molecule has 0 aromatic heterocycles. The number of hydrogen-bond acceptors (Lipinski definition) is 4. The van der Waals surface area contributed by atoms with Crippen molar-refractivity contribution in [2.24, 2.45) is 0 Å². The van der Waals surface area contributed by atoms with Gasteiger partial charge in [0.15, 0.2) is 0 Å². The van der Waals surface area contributed by atoms with Crippen LogP contribution >= 0.6 is 0 Å². The van der Waals surface area contributed by atoms with E-state index in [1.54, 1.807) is 4.90 Å². The van der Waals surface area contributed by atoms with Crippen LogP contribution in [0.5, 0.6) is 0 Å². The summed E-state index contributed by atoms with van der Waals surface area (Å²) in [6, 6.07) is 9.14. The van der Waals surface area contributed by atoms with Crippen molar-refractivity contribution < 1.29 is 19.5 Å². The lowest BCUT2D eigenvalue weighted by Gasteiger charge is -2.34. The molecule has 1 aromatic carbocycles. The highest BCUT2D eigenvalue weighted by Gasteiger charge is 2.33. The summed E-state index contributed by atoms with van der Waals surface area (Å²) < 4.78 is 0. The van der Waals surface area contributed by atoms with Crippen LogP contribution < -0.4 is 5.32 Å². The van der Waals surface area contributed by atoms with Crippen LogP contribution in [0.3, 0.4) is 0 Å². The minimum atomic E-state index is -1.20. The number of benzene rings is 1. The van der Waals surface area contributed by atoms with E-state index >= 15 is 0 Å². The van der Waals surface area contributed by atoms with Gasteiger partial charge in [-0.1, -0.05) is 30.3 Å². The van der Waals surface area contributed by atoms with E-state index in [2.05, 4.69) is 5.32 Å². The molecule has 0 spiro atoms. The summed E-state index contributed by atoms with van der Waals surface area (Å²) in [5.74, 6) is -0.552. The molecule has 2 rings (SSSR count). The van der Waals surface area contributed by atoms with Crippen LogP contribution in [0.4, 0.5) is 0 Å². The number of likely N-dealkylation sites (tertiary alicyclic amines) is 1. The Bertz CT molecular complexity index is 743. The van der Waals surface area contributed by atoms with Crippen LogP contribution in [-0.2, 0) is 20.8 Å². The van der Waals surface area contributed by atoms with Crippen molar-refractivity contribution in [1.82, 2.24) is 15.1 Å². The Morgan fingerprint density at radius 3 is 2.45 bits per heavy atom. The number of rotatable bonds is 10. The number of carbonyl (C=O) groups excluding carboxylic acids is 3. The highest BCUT2D eigenvalue weighted by molar-refractivity contribution is 5.89. The molecule has 1 aliphatic heterocycles. The monoisotopic (exact) mass is 431 g/mol. The molecule has 172 valence electrons. The second-order valence-electron chi connectivity index (χ2n) is 9.32. The predicted molar refractivity (Wildman–Crippen MR) is 120 cm³/mol. The molecular weight excluding hydrogens is 394 g/mol. The number of aliphatic hydroxyl groups is 1. The Hall–Kier alpha value is -2.41. The summed E-state index contributed by atoms with van der Waals surface area (Å²) >= 11 is 0. The van der Waals surface area contributed by atoms with Crippen molar-refractivity contribution in [3.63, 3.8) is 0 Å². The van der Waals surface area contributed by atoms with Crippen molar-refractivity contribution in [2.45, 2.75) is 77.5 Å². The Morgan fingerprint density at radius 2 is 1.90 bits per heavy atom. The van der Waals surface area contributed by atoms with Gasteiger partial charge in [-0.3, -0.25) is 14.4 Å². The maximum Gasteiger partial charge on any atom is 0.251 e. The molecule has 31 heavy (non-hydrogen) atoms. The fourth-order valence-corrected chi connectivity index (χ4v) is 3.86.